The van der Waals surface area contributed by atoms with Gasteiger partial charge in [0, 0.05) is 29.2 Å². The third-order valence-electron chi connectivity index (χ3n) is 3.56. The van der Waals surface area contributed by atoms with E-state index in [2.05, 4.69) is 15.3 Å². The number of nitrogens with zero attached hydrogens (tertiary/aromatic N) is 2. The average Bonchev–Trinajstić information content (AvgIpc) is 3.16. The maximum Gasteiger partial charge on any atom is 0.271 e. The molecule has 0 atom stereocenters. The molecule has 0 aliphatic heterocycles. The summed E-state index contributed by atoms with van der Waals surface area (Å²) in [7, 11) is 3.17. The number of thiazole rings is 1. The van der Waals surface area contributed by atoms with Crippen LogP contribution in [0.2, 0.25) is 0 Å². The van der Waals surface area contributed by atoms with Crippen LogP contribution < -0.4 is 14.8 Å². The lowest BCUT2D eigenvalue weighted by Crippen LogP contribution is -2.23. The van der Waals surface area contributed by atoms with Crippen molar-refractivity contribution in [1.82, 2.24) is 15.3 Å². The van der Waals surface area contributed by atoms with E-state index in [0.717, 1.165) is 21.9 Å². The maximum absolute atomic E-state index is 12.3. The summed E-state index contributed by atoms with van der Waals surface area (Å²) in [6.45, 7) is 0.325. The van der Waals surface area contributed by atoms with Crippen molar-refractivity contribution in [1.29, 1.82) is 0 Å². The zero-order chi connectivity index (χ0) is 17.6. The lowest BCUT2D eigenvalue weighted by molar-refractivity contribution is 0.0946. The number of pyridine rings is 1. The molecule has 7 heteroatoms. The van der Waals surface area contributed by atoms with Crippen LogP contribution in [0.3, 0.4) is 0 Å². The molecule has 0 fully saturated rings. The Morgan fingerprint density at radius 1 is 1.16 bits per heavy atom. The molecule has 25 heavy (non-hydrogen) atoms. The van der Waals surface area contributed by atoms with E-state index in [-0.39, 0.29) is 5.91 Å². The molecular weight excluding hydrogens is 338 g/mol. The first-order chi connectivity index (χ1) is 12.2. The minimum absolute atomic E-state index is 0.234. The van der Waals surface area contributed by atoms with Crippen LogP contribution in [-0.2, 0) is 6.54 Å². The fourth-order valence-electron chi connectivity index (χ4n) is 2.25. The Morgan fingerprint density at radius 2 is 1.96 bits per heavy atom. The van der Waals surface area contributed by atoms with Crippen LogP contribution in [0.1, 0.15) is 16.1 Å². The number of methoxy groups -OCH3 is 2. The SMILES string of the molecule is COc1ccc(-c2nc(C(=O)NCc3cccnc3OC)cs2)cc1. The van der Waals surface area contributed by atoms with E-state index in [9.17, 15) is 4.79 Å². The molecule has 0 aliphatic rings. The van der Waals surface area contributed by atoms with Crippen LogP contribution in [0.4, 0.5) is 0 Å². The quantitative estimate of drug-likeness (QED) is 0.735. The van der Waals surface area contributed by atoms with Crippen LogP contribution in [0.15, 0.2) is 48.0 Å². The van der Waals surface area contributed by atoms with Gasteiger partial charge in [0.2, 0.25) is 5.88 Å². The van der Waals surface area contributed by atoms with Crippen LogP contribution in [-0.4, -0.2) is 30.1 Å². The fraction of sp³-hybridized carbons (Fsp3) is 0.167. The van der Waals surface area contributed by atoms with Gasteiger partial charge in [-0.05, 0) is 30.3 Å². The van der Waals surface area contributed by atoms with Gasteiger partial charge in [0.15, 0.2) is 0 Å². The van der Waals surface area contributed by atoms with Gasteiger partial charge in [-0.1, -0.05) is 6.07 Å². The number of ether oxygens (including phenoxy) is 2. The minimum atomic E-state index is -0.234. The van der Waals surface area contributed by atoms with Crippen molar-refractivity contribution in [2.24, 2.45) is 0 Å². The second-order valence-electron chi connectivity index (χ2n) is 5.12. The molecule has 0 bridgehead atoms. The minimum Gasteiger partial charge on any atom is -0.497 e. The predicted octanol–water partition coefficient (Wildman–Crippen LogP) is 3.15. The molecule has 2 heterocycles. The maximum atomic E-state index is 12.3. The third-order valence-corrected chi connectivity index (χ3v) is 4.45. The molecule has 2 aromatic heterocycles. The number of amides is 1. The zero-order valence-electron chi connectivity index (χ0n) is 13.9. The van der Waals surface area contributed by atoms with E-state index in [4.69, 9.17) is 9.47 Å². The van der Waals surface area contributed by atoms with E-state index in [1.54, 1.807) is 31.9 Å². The Morgan fingerprint density at radius 3 is 2.68 bits per heavy atom. The lowest BCUT2D eigenvalue weighted by Gasteiger charge is -2.07. The van der Waals surface area contributed by atoms with Gasteiger partial charge >= 0.3 is 0 Å². The molecule has 0 spiro atoms. The number of nitrogens with one attached hydrogen (secondary N) is 1. The number of aromatic nitrogens is 2. The first-order valence-corrected chi connectivity index (χ1v) is 8.45. The van der Waals surface area contributed by atoms with Gasteiger partial charge in [0.1, 0.15) is 16.5 Å². The normalized spacial score (nSPS) is 10.3. The molecule has 0 radical (unpaired) electrons. The van der Waals surface area contributed by atoms with Crippen molar-refractivity contribution < 1.29 is 14.3 Å². The van der Waals surface area contributed by atoms with Gasteiger partial charge in [-0.25, -0.2) is 9.97 Å². The lowest BCUT2D eigenvalue weighted by atomic mass is 10.2. The van der Waals surface area contributed by atoms with Gasteiger partial charge < -0.3 is 14.8 Å². The molecule has 0 unspecified atom stereocenters. The monoisotopic (exact) mass is 355 g/mol. The zero-order valence-corrected chi connectivity index (χ0v) is 14.7. The van der Waals surface area contributed by atoms with Gasteiger partial charge in [0.25, 0.3) is 5.91 Å². The molecule has 0 aliphatic carbocycles. The first-order valence-electron chi connectivity index (χ1n) is 7.57. The van der Waals surface area contributed by atoms with E-state index in [1.165, 1.54) is 11.3 Å². The molecule has 1 N–H and O–H groups in total. The highest BCUT2D eigenvalue weighted by molar-refractivity contribution is 7.13. The summed E-state index contributed by atoms with van der Waals surface area (Å²) >= 11 is 1.42. The van der Waals surface area contributed by atoms with Crippen molar-refractivity contribution in [3.8, 4) is 22.2 Å². The second-order valence-corrected chi connectivity index (χ2v) is 5.98. The summed E-state index contributed by atoms with van der Waals surface area (Å²) in [5.74, 6) is 1.05. The molecule has 3 aromatic rings. The Bertz CT molecular complexity index is 862. The smallest absolute Gasteiger partial charge is 0.271 e. The van der Waals surface area contributed by atoms with E-state index >= 15 is 0 Å². The summed E-state index contributed by atoms with van der Waals surface area (Å²) in [6.07, 6.45) is 1.64. The average molecular weight is 355 g/mol. The Kier molecular flexibility index (Phi) is 5.25. The van der Waals surface area contributed by atoms with E-state index < -0.39 is 0 Å². The molecule has 0 saturated heterocycles. The topological polar surface area (TPSA) is 73.3 Å². The van der Waals surface area contributed by atoms with Crippen molar-refractivity contribution in [3.05, 3.63) is 59.2 Å². The van der Waals surface area contributed by atoms with Crippen LogP contribution in [0, 0.1) is 0 Å². The molecule has 6 nitrogen and oxygen atoms in total. The van der Waals surface area contributed by atoms with Gasteiger partial charge in [0.05, 0.1) is 14.2 Å². The molecule has 128 valence electrons. The molecule has 3 rings (SSSR count). The number of carbonyl (C=O) groups excluding carboxylic acids is 1. The molecule has 1 aromatic carbocycles. The number of rotatable bonds is 6. The first kappa shape index (κ1) is 16.9. The number of benzene rings is 1. The standard InChI is InChI=1S/C18H17N3O3S/c1-23-14-7-5-12(6-8-14)18-21-15(11-25-18)16(22)20-10-13-4-3-9-19-17(13)24-2/h3-9,11H,10H2,1-2H3,(H,20,22). The summed E-state index contributed by atoms with van der Waals surface area (Å²) in [6, 6.07) is 11.2. The van der Waals surface area contributed by atoms with Crippen LogP contribution in [0.25, 0.3) is 10.6 Å². The fourth-order valence-corrected chi connectivity index (χ4v) is 3.06. The Hall–Kier alpha value is -2.93. The van der Waals surface area contributed by atoms with Gasteiger partial charge in [-0.3, -0.25) is 4.79 Å². The summed E-state index contributed by atoms with van der Waals surface area (Å²) in [5, 5.41) is 5.37. The van der Waals surface area contributed by atoms with Crippen molar-refractivity contribution in [2.45, 2.75) is 6.54 Å². The van der Waals surface area contributed by atoms with E-state index in [0.29, 0.717) is 18.1 Å². The largest absolute Gasteiger partial charge is 0.497 e. The molecule has 1 amide bonds. The summed E-state index contributed by atoms with van der Waals surface area (Å²) in [4.78, 5) is 20.8. The summed E-state index contributed by atoms with van der Waals surface area (Å²) in [5.41, 5.74) is 2.14. The van der Waals surface area contributed by atoms with Crippen molar-refractivity contribution in [3.63, 3.8) is 0 Å². The van der Waals surface area contributed by atoms with Gasteiger partial charge in [-0.15, -0.1) is 11.3 Å². The van der Waals surface area contributed by atoms with E-state index in [1.807, 2.05) is 30.3 Å². The second kappa shape index (κ2) is 7.76. The highest BCUT2D eigenvalue weighted by Gasteiger charge is 2.13. The Labute approximate surface area is 149 Å². The molecular formula is C18H17N3O3S. The number of hydrogen-bond acceptors (Lipinski definition) is 6. The highest BCUT2D eigenvalue weighted by Crippen LogP contribution is 2.25. The highest BCUT2D eigenvalue weighted by atomic mass is 32.1. The number of hydrogen-bond donors (Lipinski definition) is 1. The number of carbonyl (C=O) groups is 1. The van der Waals surface area contributed by atoms with Gasteiger partial charge in [-0.2, -0.15) is 0 Å². The third kappa shape index (κ3) is 3.95. The molecule has 0 saturated carbocycles. The van der Waals surface area contributed by atoms with Crippen LogP contribution in [0.5, 0.6) is 11.6 Å². The predicted molar refractivity (Wildman–Crippen MR) is 96.1 cm³/mol. The van der Waals surface area contributed by atoms with Crippen LogP contribution >= 0.6 is 11.3 Å². The Balaban J connectivity index is 1.68. The van der Waals surface area contributed by atoms with Crippen molar-refractivity contribution in [2.75, 3.05) is 14.2 Å². The van der Waals surface area contributed by atoms with Crippen molar-refractivity contribution >= 4 is 17.2 Å². The summed E-state index contributed by atoms with van der Waals surface area (Å²) < 4.78 is 10.3.